The Kier molecular flexibility index (Phi) is 7.93. The monoisotopic (exact) mass is 441 g/mol. The first kappa shape index (κ1) is 23.1. The van der Waals surface area contributed by atoms with Gasteiger partial charge in [-0.15, -0.1) is 0 Å². The number of likely N-dealkylation sites (N-methyl/N-ethyl adjacent to an activating group) is 1. The summed E-state index contributed by atoms with van der Waals surface area (Å²) in [7, 11) is 3.95. The first-order chi connectivity index (χ1) is 14.9. The fraction of sp³-hybridized carbons (Fsp3) is 0.417. The van der Waals surface area contributed by atoms with Crippen LogP contribution in [-0.4, -0.2) is 61.9 Å². The van der Waals surface area contributed by atoms with Crippen LogP contribution in [0.5, 0.6) is 0 Å². The Bertz CT molecular complexity index is 922. The lowest BCUT2D eigenvalue weighted by atomic mass is 9.85. The van der Waals surface area contributed by atoms with Gasteiger partial charge in [0.25, 0.3) is 0 Å². The number of aliphatic imine (C=N–C) groups is 1. The zero-order valence-electron chi connectivity index (χ0n) is 18.8. The zero-order chi connectivity index (χ0) is 22.4. The van der Waals surface area contributed by atoms with Crippen LogP contribution in [-0.2, 0) is 0 Å². The van der Waals surface area contributed by atoms with Crippen LogP contribution >= 0.6 is 11.6 Å². The van der Waals surface area contributed by atoms with E-state index in [0.717, 1.165) is 53.9 Å². The zero-order valence-corrected chi connectivity index (χ0v) is 19.5. The van der Waals surface area contributed by atoms with Crippen LogP contribution in [0.4, 0.5) is 16.2 Å². The molecule has 0 radical (unpaired) electrons. The van der Waals surface area contributed by atoms with Crippen molar-refractivity contribution in [1.82, 2.24) is 15.1 Å². The Morgan fingerprint density at radius 1 is 1.13 bits per heavy atom. The molecule has 2 amide bonds. The van der Waals surface area contributed by atoms with Crippen molar-refractivity contribution in [2.45, 2.75) is 26.2 Å². The Balaban J connectivity index is 1.78. The molecule has 166 valence electrons. The number of amidine groups is 1. The van der Waals surface area contributed by atoms with Gasteiger partial charge in [0.1, 0.15) is 5.84 Å². The number of amides is 2. The molecule has 1 unspecified atom stereocenters. The van der Waals surface area contributed by atoms with Crippen LogP contribution in [0.25, 0.3) is 0 Å². The number of carbonyl (C=O) groups excluding carboxylic acids is 1. The molecule has 0 fully saturated rings. The molecular formula is C24H32ClN5O. The number of benzene rings is 2. The number of nitrogens with zero attached hydrogens (tertiary/aromatic N) is 3. The predicted octanol–water partition coefficient (Wildman–Crippen LogP) is 4.93. The number of halogens is 1. The molecule has 0 aromatic heterocycles. The van der Waals surface area contributed by atoms with Crippen molar-refractivity contribution in [2.75, 3.05) is 45.6 Å². The van der Waals surface area contributed by atoms with E-state index in [0.29, 0.717) is 6.54 Å². The second kappa shape index (κ2) is 10.6. The SMILES string of the molecule is CCN(CC)C1=Nc2ccc(Cl)cc2C(c2ccc(NC(=O)NCCN(C)C)cc2)C1. The van der Waals surface area contributed by atoms with Crippen LogP contribution in [0.3, 0.4) is 0 Å². The Morgan fingerprint density at radius 3 is 2.48 bits per heavy atom. The largest absolute Gasteiger partial charge is 0.361 e. The third kappa shape index (κ3) is 5.99. The van der Waals surface area contributed by atoms with Crippen molar-refractivity contribution >= 4 is 34.8 Å². The van der Waals surface area contributed by atoms with Gasteiger partial charge in [0.2, 0.25) is 0 Å². The van der Waals surface area contributed by atoms with Gasteiger partial charge < -0.3 is 20.4 Å². The number of rotatable bonds is 7. The smallest absolute Gasteiger partial charge is 0.319 e. The second-order valence-electron chi connectivity index (χ2n) is 7.97. The van der Waals surface area contributed by atoms with Gasteiger partial charge in [0.05, 0.1) is 5.69 Å². The standard InChI is InChI=1S/C24H32ClN5O/c1-5-30(6-2)23-16-20(21-15-18(25)9-12-22(21)28-23)17-7-10-19(11-8-17)27-24(31)26-13-14-29(3)4/h7-12,15,20H,5-6,13-14,16H2,1-4H3,(H2,26,27,31). The number of urea groups is 1. The highest BCUT2D eigenvalue weighted by molar-refractivity contribution is 6.30. The van der Waals surface area contributed by atoms with E-state index >= 15 is 0 Å². The molecule has 6 nitrogen and oxygen atoms in total. The van der Waals surface area contributed by atoms with E-state index in [2.05, 4.69) is 41.5 Å². The fourth-order valence-electron chi connectivity index (χ4n) is 3.84. The maximum Gasteiger partial charge on any atom is 0.319 e. The highest BCUT2D eigenvalue weighted by Gasteiger charge is 2.26. The fourth-order valence-corrected chi connectivity index (χ4v) is 4.02. The Hall–Kier alpha value is -2.57. The van der Waals surface area contributed by atoms with Crippen molar-refractivity contribution in [1.29, 1.82) is 0 Å². The molecule has 2 aromatic rings. The molecule has 31 heavy (non-hydrogen) atoms. The number of fused-ring (bicyclic) bond motifs is 1. The molecule has 2 aromatic carbocycles. The molecule has 0 bridgehead atoms. The maximum atomic E-state index is 12.1. The van der Waals surface area contributed by atoms with Gasteiger partial charge in [-0.25, -0.2) is 9.79 Å². The highest BCUT2D eigenvalue weighted by atomic mass is 35.5. The molecule has 1 aliphatic heterocycles. The van der Waals surface area contributed by atoms with Crippen LogP contribution in [0.1, 0.15) is 37.3 Å². The van der Waals surface area contributed by atoms with Crippen molar-refractivity contribution < 1.29 is 4.79 Å². The highest BCUT2D eigenvalue weighted by Crippen LogP contribution is 2.41. The minimum atomic E-state index is -0.194. The van der Waals surface area contributed by atoms with E-state index in [1.165, 1.54) is 5.56 Å². The Morgan fingerprint density at radius 2 is 1.84 bits per heavy atom. The van der Waals surface area contributed by atoms with E-state index in [1.807, 2.05) is 49.3 Å². The average Bonchev–Trinajstić information content (AvgIpc) is 2.74. The van der Waals surface area contributed by atoms with Gasteiger partial charge in [0, 0.05) is 49.2 Å². The topological polar surface area (TPSA) is 60.0 Å². The van der Waals surface area contributed by atoms with Crippen LogP contribution < -0.4 is 10.6 Å². The van der Waals surface area contributed by atoms with Gasteiger partial charge >= 0.3 is 6.03 Å². The van der Waals surface area contributed by atoms with Crippen LogP contribution in [0.15, 0.2) is 47.5 Å². The molecule has 1 atom stereocenters. The van der Waals surface area contributed by atoms with Crippen molar-refractivity contribution in [3.05, 3.63) is 58.6 Å². The van der Waals surface area contributed by atoms with Crippen molar-refractivity contribution in [3.8, 4) is 0 Å². The third-order valence-electron chi connectivity index (χ3n) is 5.55. The molecule has 0 spiro atoms. The molecule has 0 saturated carbocycles. The molecule has 1 aliphatic rings. The Labute approximate surface area is 190 Å². The summed E-state index contributed by atoms with van der Waals surface area (Å²) in [6, 6.07) is 13.8. The van der Waals surface area contributed by atoms with Crippen LogP contribution in [0.2, 0.25) is 5.02 Å². The molecule has 0 aliphatic carbocycles. The average molecular weight is 442 g/mol. The summed E-state index contributed by atoms with van der Waals surface area (Å²) in [6.45, 7) is 7.56. The van der Waals surface area contributed by atoms with Crippen LogP contribution in [0, 0.1) is 0 Å². The number of anilines is 1. The molecule has 1 heterocycles. The summed E-state index contributed by atoms with van der Waals surface area (Å²) in [6.07, 6.45) is 0.826. The van der Waals surface area contributed by atoms with Crippen molar-refractivity contribution in [3.63, 3.8) is 0 Å². The van der Waals surface area contributed by atoms with E-state index in [9.17, 15) is 4.79 Å². The summed E-state index contributed by atoms with van der Waals surface area (Å²) in [5, 5.41) is 6.48. The summed E-state index contributed by atoms with van der Waals surface area (Å²) < 4.78 is 0. The van der Waals surface area contributed by atoms with Crippen molar-refractivity contribution in [2.24, 2.45) is 4.99 Å². The van der Waals surface area contributed by atoms with E-state index in [-0.39, 0.29) is 11.9 Å². The summed E-state index contributed by atoms with van der Waals surface area (Å²) in [5.74, 6) is 1.28. The normalized spacial score (nSPS) is 15.3. The molecule has 0 saturated heterocycles. The van der Waals surface area contributed by atoms with Gasteiger partial charge in [-0.1, -0.05) is 23.7 Å². The van der Waals surface area contributed by atoms with Gasteiger partial charge in [-0.2, -0.15) is 0 Å². The first-order valence-electron chi connectivity index (χ1n) is 10.8. The lowest BCUT2D eigenvalue weighted by Gasteiger charge is -2.31. The minimum Gasteiger partial charge on any atom is -0.361 e. The predicted molar refractivity (Wildman–Crippen MR) is 130 cm³/mol. The second-order valence-corrected chi connectivity index (χ2v) is 8.40. The quantitative estimate of drug-likeness (QED) is 0.640. The minimum absolute atomic E-state index is 0.171. The molecule has 2 N–H and O–H groups in total. The van der Waals surface area contributed by atoms with E-state index in [1.54, 1.807) is 0 Å². The lowest BCUT2D eigenvalue weighted by Crippen LogP contribution is -2.34. The van der Waals surface area contributed by atoms with E-state index in [4.69, 9.17) is 16.6 Å². The summed E-state index contributed by atoms with van der Waals surface area (Å²) in [4.78, 5) is 21.3. The van der Waals surface area contributed by atoms with Gasteiger partial charge in [-0.3, -0.25) is 0 Å². The lowest BCUT2D eigenvalue weighted by molar-refractivity contribution is 0.250. The first-order valence-corrected chi connectivity index (χ1v) is 11.2. The summed E-state index contributed by atoms with van der Waals surface area (Å²) >= 11 is 6.31. The number of hydrogen-bond donors (Lipinski definition) is 2. The number of hydrogen-bond acceptors (Lipinski definition) is 4. The summed E-state index contributed by atoms with van der Waals surface area (Å²) in [5.41, 5.74) is 4.07. The number of carbonyl (C=O) groups is 1. The van der Waals surface area contributed by atoms with Gasteiger partial charge in [0.15, 0.2) is 0 Å². The third-order valence-corrected chi connectivity index (χ3v) is 5.78. The maximum absolute atomic E-state index is 12.1. The van der Waals surface area contributed by atoms with Gasteiger partial charge in [-0.05, 0) is 69.4 Å². The van der Waals surface area contributed by atoms with E-state index < -0.39 is 0 Å². The molecular weight excluding hydrogens is 410 g/mol. The number of nitrogens with one attached hydrogen (secondary N) is 2. The molecule has 3 rings (SSSR count). The molecule has 7 heteroatoms.